The molecule has 2 aliphatic rings. The molecule has 2 aromatic carbocycles. The van der Waals surface area contributed by atoms with Gasteiger partial charge in [0.25, 0.3) is 5.56 Å². The molecular weight excluding hydrogens is 389 g/mol. The molecule has 0 bridgehead atoms. The van der Waals surface area contributed by atoms with Crippen LogP contribution in [0.1, 0.15) is 30.0 Å². The van der Waals surface area contributed by atoms with E-state index in [4.69, 9.17) is 0 Å². The van der Waals surface area contributed by atoms with Crippen molar-refractivity contribution in [2.45, 2.75) is 32.0 Å². The number of H-pyrrole nitrogens is 1. The summed E-state index contributed by atoms with van der Waals surface area (Å²) >= 11 is 1.19. The van der Waals surface area contributed by atoms with E-state index in [1.165, 1.54) is 28.7 Å². The molecular formula is C22H18FN3O2S. The molecule has 3 heterocycles. The van der Waals surface area contributed by atoms with Crippen molar-refractivity contribution in [1.29, 1.82) is 0 Å². The van der Waals surface area contributed by atoms with Crippen LogP contribution in [-0.2, 0) is 13.1 Å². The number of halogens is 1. The zero-order valence-corrected chi connectivity index (χ0v) is 16.6. The summed E-state index contributed by atoms with van der Waals surface area (Å²) in [4.78, 5) is 28.0. The van der Waals surface area contributed by atoms with Gasteiger partial charge in [0.1, 0.15) is 16.0 Å². The van der Waals surface area contributed by atoms with E-state index in [2.05, 4.69) is 33.0 Å². The van der Waals surface area contributed by atoms with Gasteiger partial charge in [-0.1, -0.05) is 12.1 Å². The molecule has 0 saturated heterocycles. The molecule has 1 aliphatic heterocycles. The number of nitrogens with zero attached hydrogens (tertiary/aromatic N) is 2. The van der Waals surface area contributed by atoms with Gasteiger partial charge in [-0.05, 0) is 66.3 Å². The summed E-state index contributed by atoms with van der Waals surface area (Å²) in [5.74, 6) is -0.436. The minimum atomic E-state index is -0.436. The molecule has 1 aliphatic carbocycles. The molecule has 0 unspecified atom stereocenters. The van der Waals surface area contributed by atoms with Crippen molar-refractivity contribution in [2.24, 2.45) is 0 Å². The Morgan fingerprint density at radius 3 is 2.69 bits per heavy atom. The van der Waals surface area contributed by atoms with Crippen LogP contribution in [0, 0.1) is 5.82 Å². The van der Waals surface area contributed by atoms with Crippen molar-refractivity contribution < 1.29 is 4.39 Å². The first-order chi connectivity index (χ1) is 14.0. The summed E-state index contributed by atoms with van der Waals surface area (Å²) in [6, 6.07) is 9.41. The van der Waals surface area contributed by atoms with E-state index >= 15 is 4.39 Å². The lowest BCUT2D eigenvalue weighted by molar-refractivity contribution is 0.353. The molecule has 146 valence electrons. The second-order valence-electron chi connectivity index (χ2n) is 8.15. The van der Waals surface area contributed by atoms with E-state index in [0.717, 1.165) is 31.5 Å². The minimum absolute atomic E-state index is 0.141. The number of aromatic amines is 1. The number of hydrogen-bond donors (Lipinski definition) is 1. The highest BCUT2D eigenvalue weighted by molar-refractivity contribution is 7.12. The van der Waals surface area contributed by atoms with Gasteiger partial charge >= 0.3 is 0 Å². The lowest BCUT2D eigenvalue weighted by atomic mass is 9.98. The number of rotatable bonds is 2. The van der Waals surface area contributed by atoms with E-state index in [0.29, 0.717) is 15.9 Å². The topological polar surface area (TPSA) is 58.1 Å². The molecule has 0 atom stereocenters. The number of pyridine rings is 1. The Morgan fingerprint density at radius 2 is 1.90 bits per heavy atom. The fourth-order valence-electron chi connectivity index (χ4n) is 4.50. The third kappa shape index (κ3) is 2.47. The Balaban J connectivity index is 1.66. The largest absolute Gasteiger partial charge is 0.328 e. The predicted octanol–water partition coefficient (Wildman–Crippen LogP) is 3.99. The zero-order chi connectivity index (χ0) is 19.9. The van der Waals surface area contributed by atoms with Gasteiger partial charge in [-0.25, -0.2) is 4.39 Å². The van der Waals surface area contributed by atoms with Crippen LogP contribution in [0.5, 0.6) is 0 Å². The maximum Gasteiger partial charge on any atom is 0.271 e. The summed E-state index contributed by atoms with van der Waals surface area (Å²) in [6.07, 6.45) is 1.99. The van der Waals surface area contributed by atoms with Crippen molar-refractivity contribution in [2.75, 3.05) is 7.05 Å². The van der Waals surface area contributed by atoms with Crippen LogP contribution in [0.4, 0.5) is 4.39 Å². The summed E-state index contributed by atoms with van der Waals surface area (Å²) in [5.41, 5.74) is 3.71. The van der Waals surface area contributed by atoms with Crippen LogP contribution in [0.3, 0.4) is 0 Å². The van der Waals surface area contributed by atoms with Crippen molar-refractivity contribution in [3.8, 4) is 11.1 Å². The molecule has 2 aromatic heterocycles. The summed E-state index contributed by atoms with van der Waals surface area (Å²) in [6.45, 7) is 1.75. The highest BCUT2D eigenvalue weighted by Crippen LogP contribution is 2.41. The second-order valence-corrected chi connectivity index (χ2v) is 8.94. The van der Waals surface area contributed by atoms with Gasteiger partial charge < -0.3 is 4.57 Å². The Bertz CT molecular complexity index is 1440. The molecule has 0 amide bonds. The van der Waals surface area contributed by atoms with Crippen LogP contribution in [0.25, 0.3) is 32.2 Å². The third-order valence-corrected chi connectivity index (χ3v) is 6.91. The molecule has 1 N–H and O–H groups in total. The van der Waals surface area contributed by atoms with Gasteiger partial charge in [0.05, 0.1) is 5.52 Å². The Morgan fingerprint density at radius 1 is 1.10 bits per heavy atom. The number of hydrogen-bond acceptors (Lipinski definition) is 4. The number of aromatic nitrogens is 2. The molecule has 6 rings (SSSR count). The molecule has 5 nitrogen and oxygen atoms in total. The van der Waals surface area contributed by atoms with Gasteiger partial charge in [-0.15, -0.1) is 0 Å². The number of nitrogens with one attached hydrogen (secondary N) is 1. The summed E-state index contributed by atoms with van der Waals surface area (Å²) < 4.78 is 19.9. The normalized spacial score (nSPS) is 16.8. The van der Waals surface area contributed by atoms with Crippen LogP contribution in [0.2, 0.25) is 0 Å². The van der Waals surface area contributed by atoms with Gasteiger partial charge in [-0.3, -0.25) is 18.9 Å². The molecule has 1 fully saturated rings. The Labute approximate surface area is 169 Å². The maximum absolute atomic E-state index is 15.1. The molecule has 0 spiro atoms. The second kappa shape index (κ2) is 5.87. The van der Waals surface area contributed by atoms with Gasteiger partial charge in [0.2, 0.25) is 5.43 Å². The molecule has 1 saturated carbocycles. The lowest BCUT2D eigenvalue weighted by Gasteiger charge is -2.14. The van der Waals surface area contributed by atoms with Crippen LogP contribution < -0.4 is 11.0 Å². The summed E-state index contributed by atoms with van der Waals surface area (Å²) in [5, 5.41) is 0.414. The highest BCUT2D eigenvalue weighted by Gasteiger charge is 2.29. The highest BCUT2D eigenvalue weighted by atomic mass is 32.1. The van der Waals surface area contributed by atoms with Gasteiger partial charge in [-0.2, -0.15) is 0 Å². The van der Waals surface area contributed by atoms with Crippen molar-refractivity contribution in [3.63, 3.8) is 0 Å². The SMILES string of the molecule is CN1Cc2ccc(-c3cc4c(cc3F)c(=O)c3c(=O)[nH]sc3n4C3CC3)cc2C1. The average Bonchev–Trinajstić information content (AvgIpc) is 3.35. The number of benzene rings is 2. The first-order valence-electron chi connectivity index (χ1n) is 9.71. The van der Waals surface area contributed by atoms with E-state index in [-0.39, 0.29) is 16.8 Å². The van der Waals surface area contributed by atoms with Crippen LogP contribution in [-0.4, -0.2) is 20.9 Å². The van der Waals surface area contributed by atoms with E-state index in [1.54, 1.807) is 6.07 Å². The fraction of sp³-hybridized carbons (Fsp3) is 0.273. The third-order valence-electron chi connectivity index (χ3n) is 6.03. The van der Waals surface area contributed by atoms with Gasteiger partial charge in [0.15, 0.2) is 0 Å². The molecule has 29 heavy (non-hydrogen) atoms. The van der Waals surface area contributed by atoms with Crippen LogP contribution in [0.15, 0.2) is 39.9 Å². The van der Waals surface area contributed by atoms with E-state index in [1.807, 2.05) is 6.07 Å². The molecule has 7 heteroatoms. The molecule has 4 aromatic rings. The van der Waals surface area contributed by atoms with Gasteiger partial charge in [0, 0.05) is 30.1 Å². The van der Waals surface area contributed by atoms with Crippen LogP contribution >= 0.6 is 11.5 Å². The first-order valence-corrected chi connectivity index (χ1v) is 10.5. The maximum atomic E-state index is 15.1. The minimum Gasteiger partial charge on any atom is -0.328 e. The van der Waals surface area contributed by atoms with E-state index in [9.17, 15) is 9.59 Å². The molecule has 0 radical (unpaired) electrons. The smallest absolute Gasteiger partial charge is 0.271 e. The monoisotopic (exact) mass is 407 g/mol. The first kappa shape index (κ1) is 17.1. The number of fused-ring (bicyclic) bond motifs is 3. The average molecular weight is 407 g/mol. The van der Waals surface area contributed by atoms with Crippen molar-refractivity contribution >= 4 is 32.7 Å². The van der Waals surface area contributed by atoms with Crippen molar-refractivity contribution in [3.05, 3.63) is 67.9 Å². The predicted molar refractivity (Wildman–Crippen MR) is 113 cm³/mol. The zero-order valence-electron chi connectivity index (χ0n) is 15.8. The quantitative estimate of drug-likeness (QED) is 0.547. The van der Waals surface area contributed by atoms with E-state index < -0.39 is 16.8 Å². The standard InChI is InChI=1S/C22H18FN3O2S/c1-25-9-12-3-2-11(6-13(12)10-25)15-8-18-16(7-17(15)23)20(27)19-21(28)24-29-22(19)26(18)14-4-5-14/h2-3,6-8,14H,4-5,9-10H2,1H3,(H,24,28). The Kier molecular flexibility index (Phi) is 3.47. The Hall–Kier alpha value is -2.77. The van der Waals surface area contributed by atoms with Crippen molar-refractivity contribution in [1.82, 2.24) is 13.8 Å². The fourth-order valence-corrected chi connectivity index (χ4v) is 5.42. The summed E-state index contributed by atoms with van der Waals surface area (Å²) in [7, 11) is 2.07. The lowest BCUT2D eigenvalue weighted by Crippen LogP contribution is -2.15.